The number of esters is 1. The molecule has 3 atom stereocenters. The minimum atomic E-state index is -0.685. The lowest BCUT2D eigenvalue weighted by Crippen LogP contribution is -2.32. The molecule has 0 radical (unpaired) electrons. The Morgan fingerprint density at radius 3 is 2.63 bits per heavy atom. The summed E-state index contributed by atoms with van der Waals surface area (Å²) >= 11 is 0. The highest BCUT2D eigenvalue weighted by molar-refractivity contribution is 5.74. The molecule has 1 unspecified atom stereocenters. The molecular weight excluding hydrogens is 347 g/mol. The SMILES string of the molecule is Cc1cc(C2=C(/C=C/[C@@H]3C[C@@H](O)CC(=O)O3)C(C)(C)CC(O)C2)ccc1F. The van der Waals surface area contributed by atoms with Gasteiger partial charge in [-0.1, -0.05) is 26.0 Å². The normalized spacial score (nSPS) is 28.5. The molecule has 1 aliphatic carbocycles. The summed E-state index contributed by atoms with van der Waals surface area (Å²) in [4.78, 5) is 11.6. The number of carbonyl (C=O) groups excluding carboxylic acids is 1. The predicted octanol–water partition coefficient (Wildman–Crippen LogP) is 3.69. The summed E-state index contributed by atoms with van der Waals surface area (Å²) in [5.41, 5.74) is 3.17. The van der Waals surface area contributed by atoms with Crippen LogP contribution in [0.4, 0.5) is 4.39 Å². The summed E-state index contributed by atoms with van der Waals surface area (Å²) in [6.45, 7) is 5.85. The van der Waals surface area contributed by atoms with Crippen molar-refractivity contribution in [1.29, 1.82) is 0 Å². The Bertz CT molecular complexity index is 794. The number of rotatable bonds is 3. The molecule has 0 bridgehead atoms. The highest BCUT2D eigenvalue weighted by Crippen LogP contribution is 2.45. The van der Waals surface area contributed by atoms with Crippen LogP contribution in [0.2, 0.25) is 0 Å². The van der Waals surface area contributed by atoms with Crippen LogP contribution in [0.1, 0.15) is 50.7 Å². The quantitative estimate of drug-likeness (QED) is 0.792. The Kier molecular flexibility index (Phi) is 5.54. The van der Waals surface area contributed by atoms with Gasteiger partial charge in [-0.2, -0.15) is 0 Å². The van der Waals surface area contributed by atoms with E-state index in [0.29, 0.717) is 24.8 Å². The van der Waals surface area contributed by atoms with Gasteiger partial charge in [-0.25, -0.2) is 4.39 Å². The summed E-state index contributed by atoms with van der Waals surface area (Å²) < 4.78 is 19.0. The lowest BCUT2D eigenvalue weighted by Gasteiger charge is -2.37. The Labute approximate surface area is 159 Å². The second-order valence-corrected chi connectivity index (χ2v) is 8.28. The summed E-state index contributed by atoms with van der Waals surface area (Å²) in [6, 6.07) is 4.99. The van der Waals surface area contributed by atoms with E-state index in [2.05, 4.69) is 13.8 Å². The van der Waals surface area contributed by atoms with E-state index in [-0.39, 0.29) is 17.7 Å². The molecule has 2 aliphatic rings. The third kappa shape index (κ3) is 4.47. The summed E-state index contributed by atoms with van der Waals surface area (Å²) in [6.07, 6.45) is 3.65. The number of cyclic esters (lactones) is 1. The molecule has 2 N–H and O–H groups in total. The zero-order chi connectivity index (χ0) is 19.8. The molecule has 0 amide bonds. The number of aliphatic hydroxyl groups is 2. The maximum Gasteiger partial charge on any atom is 0.309 e. The van der Waals surface area contributed by atoms with Gasteiger partial charge < -0.3 is 14.9 Å². The maximum atomic E-state index is 13.7. The van der Waals surface area contributed by atoms with Crippen LogP contribution in [0, 0.1) is 18.2 Å². The fraction of sp³-hybridized carbons (Fsp3) is 0.500. The van der Waals surface area contributed by atoms with Crippen molar-refractivity contribution in [2.75, 3.05) is 0 Å². The molecule has 0 aromatic heterocycles. The van der Waals surface area contributed by atoms with Gasteiger partial charge in [0.05, 0.1) is 18.6 Å². The van der Waals surface area contributed by atoms with Crippen molar-refractivity contribution < 1.29 is 24.1 Å². The first-order valence-corrected chi connectivity index (χ1v) is 9.39. The lowest BCUT2D eigenvalue weighted by atomic mass is 9.69. The molecule has 1 heterocycles. The number of ether oxygens (including phenoxy) is 1. The first-order chi connectivity index (χ1) is 12.7. The Morgan fingerprint density at radius 1 is 1.22 bits per heavy atom. The molecule has 1 fully saturated rings. The van der Waals surface area contributed by atoms with Gasteiger partial charge in [0.15, 0.2) is 0 Å². The van der Waals surface area contributed by atoms with Crippen LogP contribution < -0.4 is 0 Å². The minimum absolute atomic E-state index is 0.0326. The van der Waals surface area contributed by atoms with Crippen molar-refractivity contribution in [3.8, 4) is 0 Å². The monoisotopic (exact) mass is 374 g/mol. The summed E-state index contributed by atoms with van der Waals surface area (Å²) in [5, 5.41) is 20.2. The minimum Gasteiger partial charge on any atom is -0.458 e. The highest BCUT2D eigenvalue weighted by Gasteiger charge is 2.34. The van der Waals surface area contributed by atoms with Gasteiger partial charge in [-0.05, 0) is 65.7 Å². The van der Waals surface area contributed by atoms with Crippen LogP contribution in [0.15, 0.2) is 35.9 Å². The fourth-order valence-electron chi connectivity index (χ4n) is 4.09. The predicted molar refractivity (Wildman–Crippen MR) is 101 cm³/mol. The number of halogens is 1. The van der Waals surface area contributed by atoms with Crippen LogP contribution >= 0.6 is 0 Å². The molecular formula is C22H27FO4. The van der Waals surface area contributed by atoms with E-state index in [1.54, 1.807) is 19.1 Å². The molecule has 4 nitrogen and oxygen atoms in total. The molecule has 0 spiro atoms. The van der Waals surface area contributed by atoms with E-state index in [1.807, 2.05) is 12.2 Å². The third-order valence-electron chi connectivity index (χ3n) is 5.41. The van der Waals surface area contributed by atoms with Gasteiger partial charge in [-0.15, -0.1) is 0 Å². The average Bonchev–Trinajstić information content (AvgIpc) is 2.54. The van der Waals surface area contributed by atoms with Crippen molar-refractivity contribution in [3.63, 3.8) is 0 Å². The maximum absolute atomic E-state index is 13.7. The van der Waals surface area contributed by atoms with E-state index < -0.39 is 24.3 Å². The zero-order valence-electron chi connectivity index (χ0n) is 16.0. The van der Waals surface area contributed by atoms with Gasteiger partial charge in [0.2, 0.25) is 0 Å². The van der Waals surface area contributed by atoms with E-state index in [1.165, 1.54) is 6.07 Å². The number of aliphatic hydroxyl groups excluding tert-OH is 2. The topological polar surface area (TPSA) is 66.8 Å². The molecule has 5 heteroatoms. The van der Waals surface area contributed by atoms with Gasteiger partial charge >= 0.3 is 5.97 Å². The Balaban J connectivity index is 2.00. The second kappa shape index (κ2) is 7.56. The summed E-state index contributed by atoms with van der Waals surface area (Å²) in [5.74, 6) is -0.653. The average molecular weight is 374 g/mol. The first-order valence-electron chi connectivity index (χ1n) is 9.39. The third-order valence-corrected chi connectivity index (χ3v) is 5.41. The van der Waals surface area contributed by atoms with Crippen molar-refractivity contribution in [2.45, 2.75) is 64.8 Å². The van der Waals surface area contributed by atoms with Crippen molar-refractivity contribution in [2.24, 2.45) is 5.41 Å². The van der Waals surface area contributed by atoms with E-state index >= 15 is 0 Å². The summed E-state index contributed by atoms with van der Waals surface area (Å²) in [7, 11) is 0. The number of hydrogen-bond donors (Lipinski definition) is 2. The molecule has 1 aliphatic heterocycles. The molecule has 3 rings (SSSR count). The van der Waals surface area contributed by atoms with Crippen LogP contribution in [0.3, 0.4) is 0 Å². The second-order valence-electron chi connectivity index (χ2n) is 8.28. The number of hydrogen-bond acceptors (Lipinski definition) is 4. The fourth-order valence-corrected chi connectivity index (χ4v) is 4.09. The smallest absolute Gasteiger partial charge is 0.309 e. The standard InChI is InChI=1S/C22H27FO4/c1-13-8-14(4-7-20(13)23)18-10-16(25)12-22(2,3)19(18)6-5-17-9-15(24)11-21(26)27-17/h4-8,15-17,24-25H,9-12H2,1-3H3/b6-5+/t15-,16?,17-/m1/s1. The molecule has 146 valence electrons. The van der Waals surface area contributed by atoms with Crippen LogP contribution in [-0.2, 0) is 9.53 Å². The largest absolute Gasteiger partial charge is 0.458 e. The highest BCUT2D eigenvalue weighted by atomic mass is 19.1. The lowest BCUT2D eigenvalue weighted by molar-refractivity contribution is -0.156. The molecule has 1 aromatic carbocycles. The Morgan fingerprint density at radius 2 is 1.96 bits per heavy atom. The van der Waals surface area contributed by atoms with Crippen molar-refractivity contribution >= 4 is 11.5 Å². The van der Waals surface area contributed by atoms with Gasteiger partial charge in [0, 0.05) is 6.42 Å². The number of allylic oxidation sites excluding steroid dienone is 2. The molecule has 1 aromatic rings. The van der Waals surface area contributed by atoms with E-state index in [0.717, 1.165) is 16.7 Å². The first kappa shape index (κ1) is 19.8. The van der Waals surface area contributed by atoms with Crippen molar-refractivity contribution in [3.05, 3.63) is 52.9 Å². The number of benzene rings is 1. The zero-order valence-corrected chi connectivity index (χ0v) is 16.0. The van der Waals surface area contributed by atoms with Crippen LogP contribution in [-0.4, -0.2) is 34.5 Å². The van der Waals surface area contributed by atoms with E-state index in [4.69, 9.17) is 4.74 Å². The molecule has 1 saturated heterocycles. The van der Waals surface area contributed by atoms with Gasteiger partial charge in [0.25, 0.3) is 0 Å². The molecule has 27 heavy (non-hydrogen) atoms. The van der Waals surface area contributed by atoms with Crippen LogP contribution in [0.5, 0.6) is 0 Å². The van der Waals surface area contributed by atoms with Gasteiger partial charge in [-0.3, -0.25) is 4.79 Å². The van der Waals surface area contributed by atoms with Gasteiger partial charge in [0.1, 0.15) is 11.9 Å². The van der Waals surface area contributed by atoms with E-state index in [9.17, 15) is 19.4 Å². The van der Waals surface area contributed by atoms with Crippen molar-refractivity contribution in [1.82, 2.24) is 0 Å². The Hall–Kier alpha value is -1.98. The number of carbonyl (C=O) groups is 1. The van der Waals surface area contributed by atoms with Crippen LogP contribution in [0.25, 0.3) is 5.57 Å². The molecule has 0 saturated carbocycles. The number of aryl methyl sites for hydroxylation is 1.